The zero-order chi connectivity index (χ0) is 50.9. The predicted molar refractivity (Wildman–Crippen MR) is 307 cm³/mol. The molecule has 3 aliphatic carbocycles. The van der Waals surface area contributed by atoms with Crippen LogP contribution in [-0.4, -0.2) is 6.71 Å². The predicted octanol–water partition coefficient (Wildman–Crippen LogP) is 17.0. The molecule has 11 rings (SSSR count). The minimum atomic E-state index is -0.147. The Balaban J connectivity index is 1.25. The molecule has 0 radical (unpaired) electrons. The fraction of sp³-hybridized carbons (Fsp3) is 0.433. The number of hydrogen-bond donors (Lipinski definition) is 0. The van der Waals surface area contributed by atoms with Crippen molar-refractivity contribution >= 4 is 62.7 Å². The van der Waals surface area contributed by atoms with Gasteiger partial charge in [0.1, 0.15) is 5.58 Å². The molecule has 0 N–H and O–H groups in total. The second-order valence-electron chi connectivity index (χ2n) is 27.7. The zero-order valence-corrected chi connectivity index (χ0v) is 46.4. The maximum absolute atomic E-state index is 7.67. The largest absolute Gasteiger partial charge is 0.468 e. The SMILES string of the molecule is C=C/C(=C\C1=C(C)C(C)(C)CCC1(C)C)N1c2cc(C)cc3c2B(c2cc(C(C)(C)C)ccc2N3c2ccc(C(C)(C)C)cc2-c2ccc(C(C)(C)C)cc2)c2oc3cc4c(cc3c21)C1(C)CCC4(C)C1. The molecule has 6 aromatic rings. The molecular weight excluding hydrogens is 860 g/mol. The summed E-state index contributed by atoms with van der Waals surface area (Å²) in [6.07, 6.45) is 10.6. The lowest BCUT2D eigenvalue weighted by Crippen LogP contribution is -2.61. The van der Waals surface area contributed by atoms with Gasteiger partial charge in [0.2, 0.25) is 0 Å². The Kier molecular flexibility index (Phi) is 10.3. The van der Waals surface area contributed by atoms with E-state index in [1.54, 1.807) is 0 Å². The van der Waals surface area contributed by atoms with Gasteiger partial charge in [0.25, 0.3) is 6.71 Å². The van der Waals surface area contributed by atoms with Gasteiger partial charge in [0.15, 0.2) is 0 Å². The standard InChI is InChI=1S/C67H79BN2O/c1-19-46(36-49-41(3)64(13,14)28-29-65(49,15)16)69-55-32-40(2)33-56-58(55)68(60-59(69)48-37-50-51(38-57(48)71-60)67(18)31-30-66(50,17)39-67)52-35-45(63(10,11)12)25-27-54(52)70(56)53-26-24-44(62(7,8)9)34-47(53)42-20-22-43(23-21-42)61(4,5)6/h19-27,32-38H,1,28-31,39H2,2-18H3/b46-36+. The van der Waals surface area contributed by atoms with E-state index in [2.05, 4.69) is 231 Å². The first kappa shape index (κ1) is 47.8. The van der Waals surface area contributed by atoms with Crippen LogP contribution in [0, 0.1) is 17.8 Å². The van der Waals surface area contributed by atoms with E-state index in [9.17, 15) is 0 Å². The topological polar surface area (TPSA) is 19.6 Å². The van der Waals surface area contributed by atoms with E-state index >= 15 is 0 Å². The normalized spacial score (nSPS) is 22.2. The Morgan fingerprint density at radius 1 is 0.620 bits per heavy atom. The highest BCUT2D eigenvalue weighted by Crippen LogP contribution is 2.62. The number of allylic oxidation sites excluding steroid dienone is 4. The van der Waals surface area contributed by atoms with Crippen LogP contribution in [0.3, 0.4) is 0 Å². The van der Waals surface area contributed by atoms with E-state index in [4.69, 9.17) is 4.42 Å². The van der Waals surface area contributed by atoms with E-state index in [-0.39, 0.29) is 44.6 Å². The van der Waals surface area contributed by atoms with Crippen LogP contribution >= 0.6 is 0 Å². The smallest absolute Gasteiger partial charge is 0.297 e. The summed E-state index contributed by atoms with van der Waals surface area (Å²) in [6, 6.07) is 33.9. The first-order valence-electron chi connectivity index (χ1n) is 26.9. The van der Waals surface area contributed by atoms with Crippen LogP contribution in [0.2, 0.25) is 0 Å². The second kappa shape index (κ2) is 15.3. The van der Waals surface area contributed by atoms with Gasteiger partial charge in [-0.1, -0.05) is 158 Å². The van der Waals surface area contributed by atoms with Gasteiger partial charge >= 0.3 is 0 Å². The first-order valence-corrected chi connectivity index (χ1v) is 26.9. The molecule has 2 unspecified atom stereocenters. The summed E-state index contributed by atoms with van der Waals surface area (Å²) in [5.41, 5.74) is 25.6. The molecular formula is C67H79BN2O. The highest BCUT2D eigenvalue weighted by Gasteiger charge is 2.54. The van der Waals surface area contributed by atoms with Crippen LogP contribution in [0.15, 0.2) is 125 Å². The Morgan fingerprint density at radius 3 is 1.80 bits per heavy atom. The number of nitrogens with zero attached hydrogens (tertiary/aromatic N) is 2. The van der Waals surface area contributed by atoms with E-state index in [1.165, 1.54) is 126 Å². The van der Waals surface area contributed by atoms with Crippen molar-refractivity contribution in [2.24, 2.45) is 10.8 Å². The van der Waals surface area contributed by atoms with Crippen molar-refractivity contribution in [3.8, 4) is 11.1 Å². The monoisotopic (exact) mass is 939 g/mol. The Bertz CT molecular complexity index is 3310. The van der Waals surface area contributed by atoms with Crippen LogP contribution in [0.4, 0.5) is 28.4 Å². The van der Waals surface area contributed by atoms with Crippen molar-refractivity contribution in [2.75, 3.05) is 9.80 Å². The molecule has 0 saturated heterocycles. The molecule has 2 aliphatic heterocycles. The van der Waals surface area contributed by atoms with Crippen LogP contribution in [-0.2, 0) is 27.1 Å². The molecule has 2 bridgehead atoms. The second-order valence-corrected chi connectivity index (χ2v) is 27.7. The molecule has 1 saturated carbocycles. The summed E-state index contributed by atoms with van der Waals surface area (Å²) in [5.74, 6) is 0. The van der Waals surface area contributed by atoms with Gasteiger partial charge in [0.05, 0.1) is 17.0 Å². The molecule has 2 atom stereocenters. The molecule has 5 aromatic carbocycles. The van der Waals surface area contributed by atoms with Gasteiger partial charge in [-0.3, -0.25) is 0 Å². The van der Waals surface area contributed by atoms with Crippen molar-refractivity contribution in [3.05, 3.63) is 154 Å². The Labute approximate surface area is 427 Å². The summed E-state index contributed by atoms with van der Waals surface area (Å²) >= 11 is 0. The van der Waals surface area contributed by atoms with Gasteiger partial charge in [-0.25, -0.2) is 0 Å². The summed E-state index contributed by atoms with van der Waals surface area (Å²) in [7, 11) is 0. The third-order valence-electron chi connectivity index (χ3n) is 18.6. The maximum Gasteiger partial charge on any atom is 0.297 e. The molecule has 5 aliphatic rings. The van der Waals surface area contributed by atoms with Crippen LogP contribution in [0.25, 0.3) is 22.1 Å². The first-order chi connectivity index (χ1) is 33.0. The van der Waals surface area contributed by atoms with Crippen molar-refractivity contribution < 1.29 is 4.42 Å². The Morgan fingerprint density at radius 2 is 1.18 bits per heavy atom. The highest BCUT2D eigenvalue weighted by atomic mass is 16.3. The van der Waals surface area contributed by atoms with Crippen LogP contribution in [0.1, 0.15) is 176 Å². The maximum atomic E-state index is 7.67. The molecule has 0 spiro atoms. The van der Waals surface area contributed by atoms with Gasteiger partial charge in [-0.15, -0.1) is 0 Å². The molecule has 3 heterocycles. The molecule has 4 heteroatoms. The molecule has 71 heavy (non-hydrogen) atoms. The van der Waals surface area contributed by atoms with E-state index in [1.807, 2.05) is 0 Å². The highest BCUT2D eigenvalue weighted by molar-refractivity contribution is 7.00. The molecule has 0 amide bonds. The zero-order valence-electron chi connectivity index (χ0n) is 46.4. The Hall–Kier alpha value is -5.48. The van der Waals surface area contributed by atoms with E-state index in [0.29, 0.717) is 0 Å². The van der Waals surface area contributed by atoms with E-state index in [0.717, 1.165) is 23.4 Å². The van der Waals surface area contributed by atoms with Gasteiger partial charge in [-0.05, 0) is 194 Å². The number of anilines is 5. The van der Waals surface area contributed by atoms with Crippen molar-refractivity contribution in [1.82, 2.24) is 0 Å². The number of fused-ring (bicyclic) bond motifs is 11. The lowest BCUT2D eigenvalue weighted by Gasteiger charge is -2.45. The minimum absolute atomic E-state index is 0.00338. The quantitative estimate of drug-likeness (QED) is 0.127. The number of rotatable bonds is 5. The molecule has 366 valence electrons. The van der Waals surface area contributed by atoms with Crippen LogP contribution in [0.5, 0.6) is 0 Å². The number of furan rings is 1. The summed E-state index contributed by atoms with van der Waals surface area (Å²) in [5, 5.41) is 1.21. The lowest BCUT2D eigenvalue weighted by molar-refractivity contribution is 0.267. The van der Waals surface area contributed by atoms with E-state index < -0.39 is 0 Å². The average Bonchev–Trinajstić information content (AvgIpc) is 3.90. The van der Waals surface area contributed by atoms with Gasteiger partial charge in [-0.2, -0.15) is 0 Å². The summed E-state index contributed by atoms with van der Waals surface area (Å²) in [6.45, 7) is 44.9. The molecule has 1 aromatic heterocycles. The van der Waals surface area contributed by atoms with Gasteiger partial charge in [0, 0.05) is 33.7 Å². The molecule has 1 fully saturated rings. The van der Waals surface area contributed by atoms with Gasteiger partial charge < -0.3 is 14.2 Å². The van der Waals surface area contributed by atoms with Crippen molar-refractivity contribution in [3.63, 3.8) is 0 Å². The van der Waals surface area contributed by atoms with Crippen LogP contribution < -0.4 is 26.4 Å². The fourth-order valence-corrected chi connectivity index (χ4v) is 13.8. The summed E-state index contributed by atoms with van der Waals surface area (Å²) in [4.78, 5) is 5.20. The third kappa shape index (κ3) is 7.25. The third-order valence-corrected chi connectivity index (χ3v) is 18.6. The minimum Gasteiger partial charge on any atom is -0.468 e. The number of aryl methyl sites for hydroxylation is 1. The molecule has 3 nitrogen and oxygen atoms in total. The lowest BCUT2D eigenvalue weighted by atomic mass is 9.35. The summed E-state index contributed by atoms with van der Waals surface area (Å²) < 4.78 is 7.67. The number of benzene rings is 5. The van der Waals surface area contributed by atoms with Crippen molar-refractivity contribution in [1.29, 1.82) is 0 Å². The fourth-order valence-electron chi connectivity index (χ4n) is 13.8. The van der Waals surface area contributed by atoms with Crippen molar-refractivity contribution in [2.45, 2.75) is 177 Å². The number of hydrogen-bond acceptors (Lipinski definition) is 3. The average molecular weight is 939 g/mol.